The van der Waals surface area contributed by atoms with Crippen LogP contribution in [0.1, 0.15) is 29.5 Å². The zero-order chi connectivity index (χ0) is 19.0. The lowest BCUT2D eigenvalue weighted by atomic mass is 10.2. The van der Waals surface area contributed by atoms with Crippen molar-refractivity contribution >= 4 is 22.7 Å². The zero-order valence-electron chi connectivity index (χ0n) is 15.2. The molecule has 4 rings (SSSR count). The van der Waals surface area contributed by atoms with Gasteiger partial charge in [-0.25, -0.2) is 4.98 Å². The summed E-state index contributed by atoms with van der Waals surface area (Å²) in [5.74, 6) is 1.09. The van der Waals surface area contributed by atoms with Gasteiger partial charge >= 0.3 is 0 Å². The molecule has 0 aliphatic heterocycles. The number of benzene rings is 2. The van der Waals surface area contributed by atoms with Gasteiger partial charge in [-0.3, -0.25) is 9.36 Å². The average Bonchev–Trinajstić information content (AvgIpc) is 3.10. The van der Waals surface area contributed by atoms with Crippen molar-refractivity contribution in [3.8, 4) is 5.69 Å². The van der Waals surface area contributed by atoms with Crippen molar-refractivity contribution in [1.82, 2.24) is 19.7 Å². The average molecular weight is 378 g/mol. The Balaban J connectivity index is 1.91. The Morgan fingerprint density at radius 2 is 1.78 bits per heavy atom. The highest BCUT2D eigenvalue weighted by atomic mass is 32.2. The van der Waals surface area contributed by atoms with Crippen LogP contribution in [-0.4, -0.2) is 19.7 Å². The van der Waals surface area contributed by atoms with Gasteiger partial charge in [0, 0.05) is 0 Å². The summed E-state index contributed by atoms with van der Waals surface area (Å²) in [6.45, 7) is 5.72. The van der Waals surface area contributed by atoms with Crippen LogP contribution < -0.4 is 5.56 Å². The predicted octanol–water partition coefficient (Wildman–Crippen LogP) is 4.24. The van der Waals surface area contributed by atoms with Gasteiger partial charge < -0.3 is 4.52 Å². The molecular formula is C20H18N4O2S. The summed E-state index contributed by atoms with van der Waals surface area (Å²) >= 11 is 1.42. The van der Waals surface area contributed by atoms with E-state index in [9.17, 15) is 4.79 Å². The number of aryl methyl sites for hydroxylation is 2. The molecule has 2 aromatic carbocycles. The number of thioether (sulfide) groups is 1. The maximum atomic E-state index is 13.3. The number of para-hydroxylation sites is 2. The highest BCUT2D eigenvalue weighted by Gasteiger charge is 2.20. The first-order valence-corrected chi connectivity index (χ1v) is 9.47. The van der Waals surface area contributed by atoms with Crippen LogP contribution in [-0.2, 0) is 0 Å². The molecule has 2 heterocycles. The number of fused-ring (bicyclic) bond motifs is 1. The van der Waals surface area contributed by atoms with Crippen LogP contribution in [0.4, 0.5) is 0 Å². The second-order valence-electron chi connectivity index (χ2n) is 6.28. The smallest absolute Gasteiger partial charge is 0.266 e. The molecule has 0 aliphatic carbocycles. The molecule has 6 nitrogen and oxygen atoms in total. The topological polar surface area (TPSA) is 73.8 Å². The van der Waals surface area contributed by atoms with E-state index < -0.39 is 0 Å². The van der Waals surface area contributed by atoms with Gasteiger partial charge in [0.25, 0.3) is 5.56 Å². The van der Waals surface area contributed by atoms with Crippen LogP contribution >= 0.6 is 11.8 Å². The minimum absolute atomic E-state index is 0.0914. The second-order valence-corrected chi connectivity index (χ2v) is 7.59. The molecule has 0 saturated carbocycles. The van der Waals surface area contributed by atoms with E-state index in [0.717, 1.165) is 11.3 Å². The van der Waals surface area contributed by atoms with E-state index in [4.69, 9.17) is 9.51 Å². The minimum atomic E-state index is -0.144. The Kier molecular flexibility index (Phi) is 4.53. The summed E-state index contributed by atoms with van der Waals surface area (Å²) in [5.41, 5.74) is 2.40. The van der Waals surface area contributed by atoms with Gasteiger partial charge in [-0.2, -0.15) is 4.98 Å². The van der Waals surface area contributed by atoms with Crippen LogP contribution in [0, 0.1) is 13.8 Å². The SMILES string of the molecule is Cc1noc(C(C)Sc2nc3ccccc3c(=O)n2-c2ccccc2C)n1. The maximum Gasteiger partial charge on any atom is 0.266 e. The molecule has 0 bridgehead atoms. The predicted molar refractivity (Wildman–Crippen MR) is 105 cm³/mol. The van der Waals surface area contributed by atoms with Gasteiger partial charge in [0.15, 0.2) is 11.0 Å². The summed E-state index contributed by atoms with van der Waals surface area (Å²) in [6, 6.07) is 15.2. The number of aromatic nitrogens is 4. The lowest BCUT2D eigenvalue weighted by Crippen LogP contribution is -2.22. The highest BCUT2D eigenvalue weighted by Crippen LogP contribution is 2.34. The summed E-state index contributed by atoms with van der Waals surface area (Å²) < 4.78 is 6.96. The molecule has 136 valence electrons. The van der Waals surface area contributed by atoms with Gasteiger partial charge in [-0.1, -0.05) is 47.3 Å². The molecule has 4 aromatic rings. The first kappa shape index (κ1) is 17.5. The molecule has 0 radical (unpaired) electrons. The van der Waals surface area contributed by atoms with Crippen molar-refractivity contribution in [3.63, 3.8) is 0 Å². The summed E-state index contributed by atoms with van der Waals surface area (Å²) in [6.07, 6.45) is 0. The lowest BCUT2D eigenvalue weighted by molar-refractivity contribution is 0.376. The Morgan fingerprint density at radius 1 is 1.04 bits per heavy atom. The molecule has 0 spiro atoms. The fourth-order valence-corrected chi connectivity index (χ4v) is 3.86. The fourth-order valence-electron chi connectivity index (χ4n) is 2.90. The molecule has 0 amide bonds. The molecule has 0 N–H and O–H groups in total. The second kappa shape index (κ2) is 7.00. The summed E-state index contributed by atoms with van der Waals surface area (Å²) in [5, 5.41) is 4.89. The van der Waals surface area contributed by atoms with Gasteiger partial charge in [0.1, 0.15) is 0 Å². The van der Waals surface area contributed by atoms with Crippen LogP contribution in [0.5, 0.6) is 0 Å². The Labute approximate surface area is 160 Å². The van der Waals surface area contributed by atoms with Crippen LogP contribution in [0.15, 0.2) is 63.0 Å². The van der Waals surface area contributed by atoms with Crippen LogP contribution in [0.3, 0.4) is 0 Å². The largest absolute Gasteiger partial charge is 0.338 e. The monoisotopic (exact) mass is 378 g/mol. The van der Waals surface area contributed by atoms with E-state index in [1.54, 1.807) is 17.6 Å². The Hall–Kier alpha value is -2.93. The number of nitrogens with zero attached hydrogens (tertiary/aromatic N) is 4. The van der Waals surface area contributed by atoms with E-state index in [-0.39, 0.29) is 10.8 Å². The van der Waals surface area contributed by atoms with E-state index in [1.165, 1.54) is 11.8 Å². The van der Waals surface area contributed by atoms with E-state index >= 15 is 0 Å². The third kappa shape index (κ3) is 3.26. The molecule has 1 atom stereocenters. The molecular weight excluding hydrogens is 360 g/mol. The molecule has 1 unspecified atom stereocenters. The van der Waals surface area contributed by atoms with Crippen molar-refractivity contribution in [2.45, 2.75) is 31.2 Å². The van der Waals surface area contributed by atoms with Crippen molar-refractivity contribution < 1.29 is 4.52 Å². The van der Waals surface area contributed by atoms with Crippen molar-refractivity contribution in [3.05, 3.63) is 76.2 Å². The van der Waals surface area contributed by atoms with Gasteiger partial charge in [0.05, 0.1) is 21.8 Å². The van der Waals surface area contributed by atoms with Crippen molar-refractivity contribution in [2.75, 3.05) is 0 Å². The van der Waals surface area contributed by atoms with Gasteiger partial charge in [-0.15, -0.1) is 0 Å². The van der Waals surface area contributed by atoms with E-state index in [2.05, 4.69) is 10.1 Å². The van der Waals surface area contributed by atoms with Gasteiger partial charge in [-0.05, 0) is 44.5 Å². The minimum Gasteiger partial charge on any atom is -0.338 e. The van der Waals surface area contributed by atoms with Crippen LogP contribution in [0.25, 0.3) is 16.6 Å². The number of hydrogen-bond donors (Lipinski definition) is 0. The van der Waals surface area contributed by atoms with Crippen LogP contribution in [0.2, 0.25) is 0 Å². The molecule has 0 fully saturated rings. The number of rotatable bonds is 4. The van der Waals surface area contributed by atoms with E-state index in [1.807, 2.05) is 56.3 Å². The number of hydrogen-bond acceptors (Lipinski definition) is 6. The first-order valence-electron chi connectivity index (χ1n) is 8.59. The van der Waals surface area contributed by atoms with E-state index in [0.29, 0.717) is 27.8 Å². The quantitative estimate of drug-likeness (QED) is 0.391. The molecule has 2 aromatic heterocycles. The van der Waals surface area contributed by atoms with Crippen molar-refractivity contribution in [2.24, 2.45) is 0 Å². The zero-order valence-corrected chi connectivity index (χ0v) is 16.0. The first-order chi connectivity index (χ1) is 13.0. The molecule has 0 saturated heterocycles. The Bertz CT molecular complexity index is 1180. The maximum absolute atomic E-state index is 13.3. The normalized spacial score (nSPS) is 12.4. The van der Waals surface area contributed by atoms with Gasteiger partial charge in [0.2, 0.25) is 5.89 Å². The van der Waals surface area contributed by atoms with Crippen molar-refractivity contribution in [1.29, 1.82) is 0 Å². The summed E-state index contributed by atoms with van der Waals surface area (Å²) in [4.78, 5) is 22.3. The third-order valence-electron chi connectivity index (χ3n) is 4.27. The molecule has 27 heavy (non-hydrogen) atoms. The standard InChI is InChI=1S/C20H18N4O2S/c1-12-8-4-7-11-17(12)24-19(25)15-9-5-6-10-16(15)22-20(24)27-13(2)18-21-14(3)23-26-18/h4-11,13H,1-3H3. The highest BCUT2D eigenvalue weighted by molar-refractivity contribution is 7.99. The Morgan fingerprint density at radius 3 is 2.52 bits per heavy atom. The lowest BCUT2D eigenvalue weighted by Gasteiger charge is -2.16. The molecule has 0 aliphatic rings. The third-order valence-corrected chi connectivity index (χ3v) is 5.31. The molecule has 7 heteroatoms. The fraction of sp³-hybridized carbons (Fsp3) is 0.200. The summed E-state index contributed by atoms with van der Waals surface area (Å²) in [7, 11) is 0.